The molecule has 1 saturated heterocycles. The number of carbonyl (C=O) groups is 1. The van der Waals surface area contributed by atoms with Crippen molar-refractivity contribution in [2.75, 3.05) is 19.6 Å². The molecule has 5 nitrogen and oxygen atoms in total. The zero-order valence-electron chi connectivity index (χ0n) is 11.8. The van der Waals surface area contributed by atoms with Crippen molar-refractivity contribution in [3.8, 4) is 0 Å². The van der Waals surface area contributed by atoms with Gasteiger partial charge in [-0.2, -0.15) is 0 Å². The topological polar surface area (TPSA) is 66.5 Å². The molecule has 0 bridgehead atoms. The van der Waals surface area contributed by atoms with Crippen LogP contribution in [0.5, 0.6) is 0 Å². The summed E-state index contributed by atoms with van der Waals surface area (Å²) in [7, 11) is -3.48. The Bertz CT molecular complexity index is 693. The van der Waals surface area contributed by atoms with Gasteiger partial charge in [-0.3, -0.25) is 4.79 Å². The maximum absolute atomic E-state index is 13.9. The molecule has 1 heterocycles. The van der Waals surface area contributed by atoms with Crippen LogP contribution in [0.4, 0.5) is 4.39 Å². The lowest BCUT2D eigenvalue weighted by atomic mass is 10.1. The molecule has 120 valence electrons. The van der Waals surface area contributed by atoms with Crippen LogP contribution in [0.15, 0.2) is 30.2 Å². The van der Waals surface area contributed by atoms with E-state index in [0.717, 1.165) is 5.41 Å². The fourth-order valence-electron chi connectivity index (χ4n) is 2.32. The first-order valence-electron chi connectivity index (χ1n) is 6.69. The van der Waals surface area contributed by atoms with E-state index in [1.807, 2.05) is 0 Å². The maximum atomic E-state index is 13.9. The van der Waals surface area contributed by atoms with Gasteiger partial charge in [0.05, 0.1) is 10.6 Å². The monoisotopic (exact) mass is 346 g/mol. The van der Waals surface area contributed by atoms with E-state index >= 15 is 0 Å². The minimum absolute atomic E-state index is 0.0130. The maximum Gasteiger partial charge on any atom is 0.256 e. The Labute approximate surface area is 133 Å². The standard InChI is InChI=1S/C14H16ClFN2O3S/c1-2-22(20,21)17-8-10-6-7-18(9-10)14(19)11-4-3-5-12(15)13(11)16/h2-5,10,17H,1,6-9H2. The lowest BCUT2D eigenvalue weighted by Crippen LogP contribution is -2.32. The summed E-state index contributed by atoms with van der Waals surface area (Å²) >= 11 is 5.68. The molecule has 1 unspecified atom stereocenters. The Balaban J connectivity index is 1.99. The van der Waals surface area contributed by atoms with E-state index in [2.05, 4.69) is 11.3 Å². The van der Waals surface area contributed by atoms with E-state index in [4.69, 9.17) is 11.6 Å². The average Bonchev–Trinajstić information content (AvgIpc) is 2.96. The van der Waals surface area contributed by atoms with Crippen LogP contribution in [0, 0.1) is 11.7 Å². The molecular formula is C14H16ClFN2O3S. The molecule has 0 radical (unpaired) electrons. The van der Waals surface area contributed by atoms with Gasteiger partial charge in [0.2, 0.25) is 10.0 Å². The second-order valence-electron chi connectivity index (χ2n) is 5.07. The zero-order chi connectivity index (χ0) is 16.3. The van der Waals surface area contributed by atoms with Gasteiger partial charge in [-0.1, -0.05) is 24.2 Å². The van der Waals surface area contributed by atoms with Crippen molar-refractivity contribution in [3.05, 3.63) is 46.6 Å². The van der Waals surface area contributed by atoms with Crippen molar-refractivity contribution >= 4 is 27.5 Å². The van der Waals surface area contributed by atoms with Crippen LogP contribution in [0.1, 0.15) is 16.8 Å². The third-order valence-electron chi connectivity index (χ3n) is 3.55. The average molecular weight is 347 g/mol. The number of benzene rings is 1. The van der Waals surface area contributed by atoms with Crippen molar-refractivity contribution in [1.29, 1.82) is 0 Å². The summed E-state index contributed by atoms with van der Waals surface area (Å²) in [5, 5.41) is 0.743. The van der Waals surface area contributed by atoms with Crippen LogP contribution < -0.4 is 4.72 Å². The predicted octanol–water partition coefficient (Wildman–Crippen LogP) is 2.00. The summed E-state index contributed by atoms with van der Waals surface area (Å²) < 4.78 is 38.9. The fourth-order valence-corrected chi connectivity index (χ4v) is 3.08. The van der Waals surface area contributed by atoms with Gasteiger partial charge in [0.25, 0.3) is 5.91 Å². The lowest BCUT2D eigenvalue weighted by Gasteiger charge is -2.17. The number of halogens is 2. The number of nitrogens with zero attached hydrogens (tertiary/aromatic N) is 1. The van der Waals surface area contributed by atoms with E-state index in [1.54, 1.807) is 0 Å². The van der Waals surface area contributed by atoms with Crippen LogP contribution in [-0.4, -0.2) is 38.9 Å². The molecule has 1 aliphatic rings. The highest BCUT2D eigenvalue weighted by Gasteiger charge is 2.29. The van der Waals surface area contributed by atoms with Gasteiger partial charge >= 0.3 is 0 Å². The third kappa shape index (κ3) is 3.85. The van der Waals surface area contributed by atoms with Crippen molar-refractivity contribution in [2.24, 2.45) is 5.92 Å². The summed E-state index contributed by atoms with van der Waals surface area (Å²) in [6, 6.07) is 4.28. The van der Waals surface area contributed by atoms with E-state index in [-0.39, 0.29) is 23.0 Å². The molecule has 0 aliphatic carbocycles. The van der Waals surface area contributed by atoms with Gasteiger partial charge in [0, 0.05) is 25.0 Å². The zero-order valence-corrected chi connectivity index (χ0v) is 13.3. The van der Waals surface area contributed by atoms with Crippen LogP contribution in [0.2, 0.25) is 5.02 Å². The van der Waals surface area contributed by atoms with Gasteiger partial charge in [-0.25, -0.2) is 17.5 Å². The molecule has 1 aliphatic heterocycles. The minimum Gasteiger partial charge on any atom is -0.338 e. The summed E-state index contributed by atoms with van der Waals surface area (Å²) in [6.07, 6.45) is 0.646. The van der Waals surface area contributed by atoms with Crippen LogP contribution in [-0.2, 0) is 10.0 Å². The van der Waals surface area contributed by atoms with Crippen LogP contribution in [0.25, 0.3) is 0 Å². The SMILES string of the molecule is C=CS(=O)(=O)NCC1CCN(C(=O)c2cccc(Cl)c2F)C1. The number of hydrogen-bond acceptors (Lipinski definition) is 3. The molecule has 1 atom stereocenters. The highest BCUT2D eigenvalue weighted by atomic mass is 35.5. The Morgan fingerprint density at radius 1 is 1.55 bits per heavy atom. The molecule has 1 fully saturated rings. The quantitative estimate of drug-likeness (QED) is 0.886. The molecule has 22 heavy (non-hydrogen) atoms. The Morgan fingerprint density at radius 3 is 2.95 bits per heavy atom. The number of hydrogen-bond donors (Lipinski definition) is 1. The Hall–Kier alpha value is -1.44. The van der Waals surface area contributed by atoms with Gasteiger partial charge in [0.1, 0.15) is 0 Å². The molecule has 1 amide bonds. The third-order valence-corrected chi connectivity index (χ3v) is 4.85. The molecule has 1 aromatic rings. The largest absolute Gasteiger partial charge is 0.338 e. The number of rotatable bonds is 5. The number of nitrogens with one attached hydrogen (secondary N) is 1. The second kappa shape index (κ2) is 6.76. The van der Waals surface area contributed by atoms with Crippen molar-refractivity contribution in [2.45, 2.75) is 6.42 Å². The minimum atomic E-state index is -3.48. The smallest absolute Gasteiger partial charge is 0.256 e. The van der Waals surface area contributed by atoms with Crippen molar-refractivity contribution in [3.63, 3.8) is 0 Å². The van der Waals surface area contributed by atoms with Gasteiger partial charge < -0.3 is 4.90 Å². The molecule has 0 saturated carbocycles. The molecular weight excluding hydrogens is 331 g/mol. The highest BCUT2D eigenvalue weighted by Crippen LogP contribution is 2.23. The highest BCUT2D eigenvalue weighted by molar-refractivity contribution is 7.92. The molecule has 1 aromatic carbocycles. The lowest BCUT2D eigenvalue weighted by molar-refractivity contribution is 0.0783. The first-order valence-corrected chi connectivity index (χ1v) is 8.62. The van der Waals surface area contributed by atoms with Crippen LogP contribution in [0.3, 0.4) is 0 Å². The first kappa shape index (κ1) is 16.9. The number of sulfonamides is 1. The molecule has 8 heteroatoms. The predicted molar refractivity (Wildman–Crippen MR) is 82.5 cm³/mol. The molecule has 1 N–H and O–H groups in total. The number of carbonyl (C=O) groups excluding carboxylic acids is 1. The van der Waals surface area contributed by atoms with E-state index in [9.17, 15) is 17.6 Å². The Kier molecular flexibility index (Phi) is 5.20. The van der Waals surface area contributed by atoms with Gasteiger partial charge in [0.15, 0.2) is 5.82 Å². The van der Waals surface area contributed by atoms with E-state index < -0.39 is 21.7 Å². The summed E-state index contributed by atoms with van der Waals surface area (Å²) in [4.78, 5) is 13.8. The number of amides is 1. The first-order chi connectivity index (χ1) is 10.3. The molecule has 2 rings (SSSR count). The summed E-state index contributed by atoms with van der Waals surface area (Å²) in [5.41, 5.74) is -0.0696. The Morgan fingerprint density at radius 2 is 2.27 bits per heavy atom. The van der Waals surface area contributed by atoms with Crippen molar-refractivity contribution in [1.82, 2.24) is 9.62 Å². The van der Waals surface area contributed by atoms with E-state index in [1.165, 1.54) is 23.1 Å². The molecule has 0 aromatic heterocycles. The summed E-state index contributed by atoms with van der Waals surface area (Å²) in [5.74, 6) is -1.18. The van der Waals surface area contributed by atoms with Gasteiger partial charge in [-0.15, -0.1) is 0 Å². The number of likely N-dealkylation sites (tertiary alicyclic amines) is 1. The normalized spacial score (nSPS) is 18.5. The second-order valence-corrected chi connectivity index (χ2v) is 7.19. The summed E-state index contributed by atoms with van der Waals surface area (Å²) in [6.45, 7) is 4.24. The van der Waals surface area contributed by atoms with E-state index in [0.29, 0.717) is 19.5 Å². The van der Waals surface area contributed by atoms with Crippen molar-refractivity contribution < 1.29 is 17.6 Å². The fraction of sp³-hybridized carbons (Fsp3) is 0.357. The van der Waals surface area contributed by atoms with Crippen LogP contribution >= 0.6 is 11.6 Å². The van der Waals surface area contributed by atoms with Gasteiger partial charge in [-0.05, 0) is 24.5 Å². The molecule has 0 spiro atoms.